The zero-order valence-electron chi connectivity index (χ0n) is 21.6. The van der Waals surface area contributed by atoms with Crippen molar-refractivity contribution < 1.29 is 9.53 Å². The van der Waals surface area contributed by atoms with E-state index < -0.39 is 0 Å². The summed E-state index contributed by atoms with van der Waals surface area (Å²) in [5, 5.41) is 0. The van der Waals surface area contributed by atoms with Crippen molar-refractivity contribution in [3.63, 3.8) is 0 Å². The first kappa shape index (κ1) is 26.1. The second-order valence-corrected chi connectivity index (χ2v) is 11.7. The van der Waals surface area contributed by atoms with Crippen LogP contribution in [-0.4, -0.2) is 12.1 Å². The molecule has 3 rings (SSSR count). The third-order valence-corrected chi connectivity index (χ3v) is 9.35. The van der Waals surface area contributed by atoms with Crippen molar-refractivity contribution in [1.82, 2.24) is 0 Å². The van der Waals surface area contributed by atoms with Crippen molar-refractivity contribution in [2.24, 2.45) is 29.6 Å². The highest BCUT2D eigenvalue weighted by Crippen LogP contribution is 2.53. The minimum Gasteiger partial charge on any atom is -0.462 e. The van der Waals surface area contributed by atoms with Crippen LogP contribution in [0.15, 0.2) is 0 Å². The van der Waals surface area contributed by atoms with Crippen LogP contribution in [0.25, 0.3) is 0 Å². The summed E-state index contributed by atoms with van der Waals surface area (Å²) >= 11 is 0. The lowest BCUT2D eigenvalue weighted by atomic mass is 9.56. The monoisotopic (exact) mass is 446 g/mol. The Morgan fingerprint density at radius 2 is 1.25 bits per heavy atom. The topological polar surface area (TPSA) is 26.3 Å². The van der Waals surface area contributed by atoms with E-state index in [1.807, 2.05) is 0 Å². The van der Waals surface area contributed by atoms with Crippen LogP contribution in [0.4, 0.5) is 0 Å². The number of hydrogen-bond donors (Lipinski definition) is 0. The van der Waals surface area contributed by atoms with Crippen molar-refractivity contribution in [2.45, 2.75) is 155 Å². The molecule has 0 aliphatic heterocycles. The molecular formula is C30H54O2. The van der Waals surface area contributed by atoms with Gasteiger partial charge in [-0.3, -0.25) is 4.79 Å². The molecule has 3 fully saturated rings. The predicted octanol–water partition coefficient (Wildman–Crippen LogP) is 9.25. The number of carbonyl (C=O) groups is 1. The van der Waals surface area contributed by atoms with Gasteiger partial charge < -0.3 is 4.74 Å². The number of rotatable bonds is 14. The van der Waals surface area contributed by atoms with Crippen LogP contribution in [0.2, 0.25) is 0 Å². The second kappa shape index (κ2) is 14.7. The number of carbonyl (C=O) groups excluding carboxylic acids is 1. The van der Waals surface area contributed by atoms with Gasteiger partial charge in [-0.05, 0) is 81.0 Å². The fourth-order valence-corrected chi connectivity index (χ4v) is 7.55. The normalized spacial score (nSPS) is 32.2. The molecule has 0 aromatic heterocycles. The van der Waals surface area contributed by atoms with Gasteiger partial charge in [-0.25, -0.2) is 0 Å². The first-order chi connectivity index (χ1) is 15.7. The molecule has 0 radical (unpaired) electrons. The Balaban J connectivity index is 1.32. The Kier molecular flexibility index (Phi) is 12.0. The molecule has 6 atom stereocenters. The van der Waals surface area contributed by atoms with Crippen LogP contribution in [0.3, 0.4) is 0 Å². The van der Waals surface area contributed by atoms with Gasteiger partial charge in [-0.15, -0.1) is 0 Å². The van der Waals surface area contributed by atoms with Gasteiger partial charge >= 0.3 is 5.97 Å². The maximum Gasteiger partial charge on any atom is 0.306 e. The molecule has 0 saturated heterocycles. The standard InChI is InChI=1S/C30H54O2/c1-3-5-7-9-11-12-14-24-16-20-28-25(22-24)17-18-26-23-27(19-21-29(26)28)32-30(31)15-13-10-8-6-4-2/h24-29H,3-23H2,1-2H3/t24-,25?,26?,27-,28?,29?/m1/s1. The first-order valence-electron chi connectivity index (χ1n) is 14.9. The van der Waals surface area contributed by atoms with Gasteiger partial charge in [0, 0.05) is 6.42 Å². The summed E-state index contributed by atoms with van der Waals surface area (Å²) in [6.45, 7) is 4.54. The van der Waals surface area contributed by atoms with Gasteiger partial charge in [0.05, 0.1) is 0 Å². The molecule has 3 saturated carbocycles. The third-order valence-electron chi connectivity index (χ3n) is 9.35. The van der Waals surface area contributed by atoms with E-state index in [2.05, 4.69) is 13.8 Å². The number of unbranched alkanes of at least 4 members (excludes halogenated alkanes) is 9. The Morgan fingerprint density at radius 1 is 0.656 bits per heavy atom. The van der Waals surface area contributed by atoms with Gasteiger partial charge in [0.15, 0.2) is 0 Å². The highest BCUT2D eigenvalue weighted by Gasteiger charge is 2.44. The Bertz CT molecular complexity index is 515. The molecule has 0 spiro atoms. The molecule has 0 amide bonds. The largest absolute Gasteiger partial charge is 0.462 e. The molecule has 0 bridgehead atoms. The number of esters is 1. The zero-order valence-corrected chi connectivity index (χ0v) is 21.6. The highest BCUT2D eigenvalue weighted by molar-refractivity contribution is 5.69. The third kappa shape index (κ3) is 8.35. The van der Waals surface area contributed by atoms with Gasteiger partial charge in [-0.2, -0.15) is 0 Å². The van der Waals surface area contributed by atoms with Crippen molar-refractivity contribution in [2.75, 3.05) is 0 Å². The second-order valence-electron chi connectivity index (χ2n) is 11.7. The molecule has 32 heavy (non-hydrogen) atoms. The van der Waals surface area contributed by atoms with Crippen LogP contribution < -0.4 is 0 Å². The van der Waals surface area contributed by atoms with E-state index in [1.54, 1.807) is 0 Å². The molecule has 2 nitrogen and oxygen atoms in total. The Morgan fingerprint density at radius 3 is 1.97 bits per heavy atom. The molecular weight excluding hydrogens is 392 g/mol. The maximum absolute atomic E-state index is 12.3. The van der Waals surface area contributed by atoms with Crippen LogP contribution in [0.5, 0.6) is 0 Å². The van der Waals surface area contributed by atoms with Crippen LogP contribution in [0.1, 0.15) is 149 Å². The first-order valence-corrected chi connectivity index (χ1v) is 14.9. The molecule has 0 aromatic rings. The smallest absolute Gasteiger partial charge is 0.306 e. The van der Waals surface area contributed by atoms with E-state index in [4.69, 9.17) is 4.74 Å². The van der Waals surface area contributed by atoms with E-state index in [9.17, 15) is 4.79 Å². The zero-order chi connectivity index (χ0) is 22.6. The van der Waals surface area contributed by atoms with E-state index in [0.29, 0.717) is 6.42 Å². The average molecular weight is 447 g/mol. The van der Waals surface area contributed by atoms with Crippen molar-refractivity contribution in [1.29, 1.82) is 0 Å². The highest BCUT2D eigenvalue weighted by atomic mass is 16.5. The summed E-state index contributed by atoms with van der Waals surface area (Å²) in [5.41, 5.74) is 0. The summed E-state index contributed by atoms with van der Waals surface area (Å²) in [5.74, 6) is 4.87. The van der Waals surface area contributed by atoms with Gasteiger partial charge in [-0.1, -0.05) is 90.9 Å². The number of hydrogen-bond acceptors (Lipinski definition) is 2. The van der Waals surface area contributed by atoms with Crippen LogP contribution >= 0.6 is 0 Å². The summed E-state index contributed by atoms with van der Waals surface area (Å²) < 4.78 is 5.94. The van der Waals surface area contributed by atoms with Crippen LogP contribution in [-0.2, 0) is 9.53 Å². The number of fused-ring (bicyclic) bond motifs is 3. The molecule has 186 valence electrons. The molecule has 0 aromatic carbocycles. The molecule has 3 aliphatic carbocycles. The van der Waals surface area contributed by atoms with Gasteiger partial charge in [0.2, 0.25) is 0 Å². The van der Waals surface area contributed by atoms with E-state index in [-0.39, 0.29) is 12.1 Å². The predicted molar refractivity (Wildman–Crippen MR) is 136 cm³/mol. The SMILES string of the molecule is CCCCCCCC[C@@H]1CCC2C(CCC3C[C@H](OC(=O)CCCCCCC)CCC32)C1. The van der Waals surface area contributed by atoms with E-state index in [0.717, 1.165) is 48.9 Å². The Hall–Kier alpha value is -0.530. The fourth-order valence-electron chi connectivity index (χ4n) is 7.55. The molecule has 0 N–H and O–H groups in total. The fraction of sp³-hybridized carbons (Fsp3) is 0.967. The van der Waals surface area contributed by atoms with Crippen molar-refractivity contribution in [3.05, 3.63) is 0 Å². The summed E-state index contributed by atoms with van der Waals surface area (Å²) in [4.78, 5) is 12.3. The summed E-state index contributed by atoms with van der Waals surface area (Å²) in [7, 11) is 0. The minimum atomic E-state index is 0.0776. The molecule has 3 aliphatic rings. The van der Waals surface area contributed by atoms with E-state index >= 15 is 0 Å². The van der Waals surface area contributed by atoms with E-state index in [1.165, 1.54) is 109 Å². The lowest BCUT2D eigenvalue weighted by molar-refractivity contribution is -0.153. The Labute approximate surface area is 200 Å². The maximum atomic E-state index is 12.3. The lowest BCUT2D eigenvalue weighted by Gasteiger charge is -2.50. The summed E-state index contributed by atoms with van der Waals surface area (Å²) in [6, 6.07) is 0. The lowest BCUT2D eigenvalue weighted by Crippen LogP contribution is -2.43. The summed E-state index contributed by atoms with van der Waals surface area (Å²) in [6.07, 6.45) is 28.0. The van der Waals surface area contributed by atoms with Crippen molar-refractivity contribution >= 4 is 5.97 Å². The molecule has 2 heteroatoms. The van der Waals surface area contributed by atoms with Crippen molar-refractivity contribution in [3.8, 4) is 0 Å². The minimum absolute atomic E-state index is 0.0776. The molecule has 0 heterocycles. The van der Waals surface area contributed by atoms with Gasteiger partial charge in [0.1, 0.15) is 6.10 Å². The van der Waals surface area contributed by atoms with Gasteiger partial charge in [0.25, 0.3) is 0 Å². The average Bonchev–Trinajstić information content (AvgIpc) is 2.80. The molecule has 4 unspecified atom stereocenters. The quantitative estimate of drug-likeness (QED) is 0.196. The van der Waals surface area contributed by atoms with Crippen LogP contribution in [0, 0.1) is 29.6 Å². The number of ether oxygens (including phenoxy) is 1.